The maximum Gasteiger partial charge on any atom is 0.308 e. The molecule has 1 rings (SSSR count). The van der Waals surface area contributed by atoms with Crippen LogP contribution in [0.1, 0.15) is 45.2 Å². The lowest BCUT2D eigenvalue weighted by atomic mass is 9.96. The zero-order chi connectivity index (χ0) is 14.4. The van der Waals surface area contributed by atoms with E-state index in [0.29, 0.717) is 18.1 Å². The maximum atomic E-state index is 10.8. The first-order valence-corrected chi connectivity index (χ1v) is 6.62. The van der Waals surface area contributed by atoms with Crippen molar-refractivity contribution >= 4 is 5.97 Å². The molecular formula is C15H23NO3. The molecule has 0 unspecified atom stereocenters. The third-order valence-electron chi connectivity index (χ3n) is 2.98. The summed E-state index contributed by atoms with van der Waals surface area (Å²) in [5.41, 5.74) is 6.86. The van der Waals surface area contributed by atoms with E-state index in [1.54, 1.807) is 24.3 Å². The van der Waals surface area contributed by atoms with Crippen molar-refractivity contribution in [1.29, 1.82) is 0 Å². The fourth-order valence-corrected chi connectivity index (χ4v) is 1.83. The normalized spacial score (nSPS) is 14.2. The highest BCUT2D eigenvalue weighted by atomic mass is 16.5. The van der Waals surface area contributed by atoms with Crippen LogP contribution in [0.2, 0.25) is 0 Å². The summed E-state index contributed by atoms with van der Waals surface area (Å²) in [6, 6.07) is 6.52. The summed E-state index contributed by atoms with van der Waals surface area (Å²) >= 11 is 0. The molecule has 1 aromatic carbocycles. The average Bonchev–Trinajstić information content (AvgIpc) is 2.35. The number of nitrogens with two attached hydrogens (primary N) is 1. The first kappa shape index (κ1) is 15.7. The minimum Gasteiger partial charge on any atom is -0.427 e. The number of aliphatic hydroxyl groups is 1. The molecule has 0 bridgehead atoms. The van der Waals surface area contributed by atoms with Crippen molar-refractivity contribution in [3.63, 3.8) is 0 Å². The molecule has 2 atom stereocenters. The molecule has 3 N–H and O–H groups in total. The fourth-order valence-electron chi connectivity index (χ4n) is 1.83. The van der Waals surface area contributed by atoms with Crippen LogP contribution in [0.5, 0.6) is 5.75 Å². The zero-order valence-corrected chi connectivity index (χ0v) is 11.8. The van der Waals surface area contributed by atoms with Crippen LogP contribution >= 0.6 is 0 Å². The predicted molar refractivity (Wildman–Crippen MR) is 74.8 cm³/mol. The molecule has 0 aliphatic carbocycles. The average molecular weight is 265 g/mol. The molecule has 0 saturated carbocycles. The van der Waals surface area contributed by atoms with Gasteiger partial charge in [-0.25, -0.2) is 0 Å². The molecular weight excluding hydrogens is 242 g/mol. The Labute approximate surface area is 114 Å². The monoisotopic (exact) mass is 265 g/mol. The number of rotatable bonds is 6. The second kappa shape index (κ2) is 7.26. The van der Waals surface area contributed by atoms with Crippen LogP contribution in [0.25, 0.3) is 0 Å². The SMILES string of the molecule is CC(=O)Oc1ccc([C@H](N)[C@H](O)CCC(C)C)cc1. The first-order chi connectivity index (χ1) is 8.90. The van der Waals surface area contributed by atoms with Gasteiger partial charge in [-0.2, -0.15) is 0 Å². The quantitative estimate of drug-likeness (QED) is 0.612. The molecule has 0 spiro atoms. The second-order valence-electron chi connectivity index (χ2n) is 5.23. The summed E-state index contributed by atoms with van der Waals surface area (Å²) in [5.74, 6) is 0.683. The number of ether oxygens (including phenoxy) is 1. The number of carbonyl (C=O) groups excluding carboxylic acids is 1. The molecule has 0 saturated heterocycles. The zero-order valence-electron chi connectivity index (χ0n) is 11.8. The molecule has 0 aromatic heterocycles. The van der Waals surface area contributed by atoms with Crippen molar-refractivity contribution in [2.75, 3.05) is 0 Å². The van der Waals surface area contributed by atoms with E-state index in [2.05, 4.69) is 13.8 Å². The van der Waals surface area contributed by atoms with Gasteiger partial charge < -0.3 is 15.6 Å². The van der Waals surface area contributed by atoms with Crippen LogP contribution in [0.3, 0.4) is 0 Å². The third-order valence-corrected chi connectivity index (χ3v) is 2.98. The molecule has 106 valence electrons. The summed E-state index contributed by atoms with van der Waals surface area (Å²) in [5, 5.41) is 10.0. The smallest absolute Gasteiger partial charge is 0.308 e. The van der Waals surface area contributed by atoms with E-state index in [-0.39, 0.29) is 5.97 Å². The molecule has 0 fully saturated rings. The van der Waals surface area contributed by atoms with E-state index in [1.165, 1.54) is 6.92 Å². The number of aliphatic hydroxyl groups excluding tert-OH is 1. The van der Waals surface area contributed by atoms with Gasteiger partial charge in [-0.1, -0.05) is 26.0 Å². The van der Waals surface area contributed by atoms with Crippen LogP contribution in [0.15, 0.2) is 24.3 Å². The summed E-state index contributed by atoms with van der Waals surface area (Å²) < 4.78 is 4.95. The highest BCUT2D eigenvalue weighted by molar-refractivity contribution is 5.69. The molecule has 0 aliphatic heterocycles. The Balaban J connectivity index is 2.61. The van der Waals surface area contributed by atoms with Gasteiger partial charge in [0.2, 0.25) is 0 Å². The highest BCUT2D eigenvalue weighted by Crippen LogP contribution is 2.22. The van der Waals surface area contributed by atoms with Gasteiger partial charge in [0.25, 0.3) is 0 Å². The van der Waals surface area contributed by atoms with Crippen molar-refractivity contribution in [3.8, 4) is 5.75 Å². The Hall–Kier alpha value is -1.39. The lowest BCUT2D eigenvalue weighted by molar-refractivity contribution is -0.131. The summed E-state index contributed by atoms with van der Waals surface area (Å²) in [7, 11) is 0. The van der Waals surface area contributed by atoms with E-state index < -0.39 is 12.1 Å². The molecule has 0 aliphatic rings. The van der Waals surface area contributed by atoms with Gasteiger partial charge in [0.15, 0.2) is 0 Å². The maximum absolute atomic E-state index is 10.8. The van der Waals surface area contributed by atoms with Crippen LogP contribution in [-0.4, -0.2) is 17.2 Å². The van der Waals surface area contributed by atoms with Crippen LogP contribution in [-0.2, 0) is 4.79 Å². The van der Waals surface area contributed by atoms with Gasteiger partial charge >= 0.3 is 5.97 Å². The summed E-state index contributed by atoms with van der Waals surface area (Å²) in [6.45, 7) is 5.59. The van der Waals surface area contributed by atoms with Crippen molar-refractivity contribution in [3.05, 3.63) is 29.8 Å². The molecule has 0 heterocycles. The van der Waals surface area contributed by atoms with Gasteiger partial charge in [0, 0.05) is 6.92 Å². The van der Waals surface area contributed by atoms with E-state index >= 15 is 0 Å². The molecule has 4 nitrogen and oxygen atoms in total. The first-order valence-electron chi connectivity index (χ1n) is 6.62. The van der Waals surface area contributed by atoms with Gasteiger partial charge in [-0.3, -0.25) is 4.79 Å². The Kier molecular flexibility index (Phi) is 5.99. The number of carbonyl (C=O) groups is 1. The topological polar surface area (TPSA) is 72.5 Å². The van der Waals surface area contributed by atoms with Gasteiger partial charge in [0.05, 0.1) is 12.1 Å². The van der Waals surface area contributed by atoms with Crippen molar-refractivity contribution in [1.82, 2.24) is 0 Å². The van der Waals surface area contributed by atoms with Crippen molar-refractivity contribution in [2.45, 2.75) is 45.8 Å². The largest absolute Gasteiger partial charge is 0.427 e. The van der Waals surface area contributed by atoms with E-state index in [1.807, 2.05) is 0 Å². The standard InChI is InChI=1S/C15H23NO3/c1-10(2)4-9-14(18)15(16)12-5-7-13(8-6-12)19-11(3)17/h5-8,10,14-15,18H,4,9,16H2,1-3H3/t14-,15+/m1/s1. The predicted octanol–water partition coefficient (Wildman–Crippen LogP) is 2.41. The van der Waals surface area contributed by atoms with E-state index in [9.17, 15) is 9.90 Å². The Bertz CT molecular complexity index is 400. The Morgan fingerprint density at radius 1 is 1.26 bits per heavy atom. The van der Waals surface area contributed by atoms with Gasteiger partial charge in [-0.05, 0) is 36.5 Å². The Morgan fingerprint density at radius 2 is 1.84 bits per heavy atom. The van der Waals surface area contributed by atoms with Crippen molar-refractivity contribution < 1.29 is 14.6 Å². The fraction of sp³-hybridized carbons (Fsp3) is 0.533. The minimum atomic E-state index is -0.554. The molecule has 4 heteroatoms. The summed E-state index contributed by atoms with van der Waals surface area (Å²) in [6.07, 6.45) is 1.08. The molecule has 0 amide bonds. The van der Waals surface area contributed by atoms with Crippen LogP contribution in [0, 0.1) is 5.92 Å². The lowest BCUT2D eigenvalue weighted by Gasteiger charge is -2.20. The molecule has 1 aromatic rings. The Morgan fingerprint density at radius 3 is 2.32 bits per heavy atom. The minimum absolute atomic E-state index is 0.353. The number of hydrogen-bond donors (Lipinski definition) is 2. The molecule has 0 radical (unpaired) electrons. The van der Waals surface area contributed by atoms with Crippen LogP contribution in [0.4, 0.5) is 0 Å². The van der Waals surface area contributed by atoms with E-state index in [4.69, 9.17) is 10.5 Å². The molecule has 19 heavy (non-hydrogen) atoms. The summed E-state index contributed by atoms with van der Waals surface area (Å²) in [4.78, 5) is 10.8. The number of esters is 1. The van der Waals surface area contributed by atoms with Crippen molar-refractivity contribution in [2.24, 2.45) is 11.7 Å². The highest BCUT2D eigenvalue weighted by Gasteiger charge is 2.17. The van der Waals surface area contributed by atoms with Gasteiger partial charge in [0.1, 0.15) is 5.75 Å². The third kappa shape index (κ3) is 5.41. The lowest BCUT2D eigenvalue weighted by Crippen LogP contribution is -2.26. The van der Waals surface area contributed by atoms with Gasteiger partial charge in [-0.15, -0.1) is 0 Å². The van der Waals surface area contributed by atoms with Crippen LogP contribution < -0.4 is 10.5 Å². The number of hydrogen-bond acceptors (Lipinski definition) is 4. The second-order valence-corrected chi connectivity index (χ2v) is 5.23. The van der Waals surface area contributed by atoms with E-state index in [0.717, 1.165) is 12.0 Å². The number of benzene rings is 1.